The Labute approximate surface area is 178 Å². The maximum Gasteiger partial charge on any atom is 0.330 e. The highest BCUT2D eigenvalue weighted by Crippen LogP contribution is 2.20. The van der Waals surface area contributed by atoms with Crippen molar-refractivity contribution in [1.82, 2.24) is 0 Å². The van der Waals surface area contributed by atoms with E-state index in [1.807, 2.05) is 6.92 Å². The summed E-state index contributed by atoms with van der Waals surface area (Å²) in [5, 5.41) is 0. The van der Waals surface area contributed by atoms with Gasteiger partial charge in [0.25, 0.3) is 0 Å². The van der Waals surface area contributed by atoms with E-state index < -0.39 is 0 Å². The molecule has 0 N–H and O–H groups in total. The van der Waals surface area contributed by atoms with E-state index in [0.717, 1.165) is 51.4 Å². The standard InChI is InChI=1S/C24H44O5/c1-5-8-9-10-12-15-18-21(28-7-3)22(29-23(25)6-2)19-16-13-11-14-17-20-24(26)27-4/h6,21-22H,2,5,7-20H2,1,3-4H3. The second-order valence-electron chi connectivity index (χ2n) is 7.61. The zero-order valence-corrected chi connectivity index (χ0v) is 19.1. The lowest BCUT2D eigenvalue weighted by Gasteiger charge is -2.27. The number of unbranched alkanes of at least 4 members (excludes halogenated alkanes) is 9. The molecule has 0 spiro atoms. The molecule has 5 nitrogen and oxygen atoms in total. The molecule has 0 aliphatic carbocycles. The Morgan fingerprint density at radius 3 is 1.93 bits per heavy atom. The fraction of sp³-hybridized carbons (Fsp3) is 0.833. The number of methoxy groups -OCH3 is 1. The smallest absolute Gasteiger partial charge is 0.330 e. The summed E-state index contributed by atoms with van der Waals surface area (Å²) in [5.41, 5.74) is 0. The summed E-state index contributed by atoms with van der Waals surface area (Å²) in [7, 11) is 1.42. The SMILES string of the molecule is C=CC(=O)OC(CCCCCCCC(=O)OC)C(CCCCCCCC)OCC. The van der Waals surface area contributed by atoms with Crippen LogP contribution >= 0.6 is 0 Å². The van der Waals surface area contributed by atoms with E-state index in [-0.39, 0.29) is 24.1 Å². The first kappa shape index (κ1) is 27.6. The highest BCUT2D eigenvalue weighted by Gasteiger charge is 2.24. The van der Waals surface area contributed by atoms with E-state index in [4.69, 9.17) is 9.47 Å². The second-order valence-corrected chi connectivity index (χ2v) is 7.61. The lowest BCUT2D eigenvalue weighted by molar-refractivity contribution is -0.152. The molecule has 0 bridgehead atoms. The van der Waals surface area contributed by atoms with Crippen LogP contribution in [0.25, 0.3) is 0 Å². The third-order valence-corrected chi connectivity index (χ3v) is 5.17. The van der Waals surface area contributed by atoms with Gasteiger partial charge in [0.15, 0.2) is 0 Å². The highest BCUT2D eigenvalue weighted by molar-refractivity contribution is 5.81. The molecule has 2 unspecified atom stereocenters. The first-order chi connectivity index (χ1) is 14.1. The van der Waals surface area contributed by atoms with Gasteiger partial charge in [0.05, 0.1) is 13.2 Å². The summed E-state index contributed by atoms with van der Waals surface area (Å²) in [4.78, 5) is 22.9. The molecule has 2 atom stereocenters. The minimum absolute atomic E-state index is 0.0469. The van der Waals surface area contributed by atoms with E-state index in [9.17, 15) is 9.59 Å². The molecule has 0 saturated heterocycles. The third-order valence-electron chi connectivity index (χ3n) is 5.17. The molecule has 5 heteroatoms. The summed E-state index contributed by atoms with van der Waals surface area (Å²) in [6.07, 6.45) is 15.6. The molecule has 0 heterocycles. The van der Waals surface area contributed by atoms with Crippen molar-refractivity contribution in [2.45, 2.75) is 116 Å². The van der Waals surface area contributed by atoms with Crippen molar-refractivity contribution < 1.29 is 23.8 Å². The quantitative estimate of drug-likeness (QED) is 0.136. The number of carbonyl (C=O) groups is 2. The number of ether oxygens (including phenoxy) is 3. The van der Waals surface area contributed by atoms with Crippen LogP contribution in [-0.2, 0) is 23.8 Å². The van der Waals surface area contributed by atoms with Gasteiger partial charge in [-0.1, -0.05) is 71.3 Å². The topological polar surface area (TPSA) is 61.8 Å². The fourth-order valence-electron chi connectivity index (χ4n) is 3.48. The van der Waals surface area contributed by atoms with Gasteiger partial charge in [-0.3, -0.25) is 4.79 Å². The zero-order valence-electron chi connectivity index (χ0n) is 19.1. The van der Waals surface area contributed by atoms with Gasteiger partial charge in [0.1, 0.15) is 6.10 Å². The van der Waals surface area contributed by atoms with Crippen LogP contribution in [0.3, 0.4) is 0 Å². The van der Waals surface area contributed by atoms with Crippen LogP contribution in [0.5, 0.6) is 0 Å². The molecule has 0 rings (SSSR count). The number of hydrogen-bond donors (Lipinski definition) is 0. The molecule has 0 aliphatic rings. The lowest BCUT2D eigenvalue weighted by Crippen LogP contribution is -2.33. The molecule has 0 amide bonds. The highest BCUT2D eigenvalue weighted by atomic mass is 16.6. The predicted octanol–water partition coefficient (Wildman–Crippen LogP) is 6.14. The molecular formula is C24H44O5. The van der Waals surface area contributed by atoms with Gasteiger partial charge in [-0.05, 0) is 32.6 Å². The van der Waals surface area contributed by atoms with Crippen LogP contribution in [0, 0.1) is 0 Å². The molecule has 0 aliphatic heterocycles. The van der Waals surface area contributed by atoms with Crippen LogP contribution in [0.15, 0.2) is 12.7 Å². The molecule has 0 aromatic heterocycles. The largest absolute Gasteiger partial charge is 0.469 e. The van der Waals surface area contributed by atoms with Crippen LogP contribution < -0.4 is 0 Å². The van der Waals surface area contributed by atoms with Gasteiger partial charge in [-0.25, -0.2) is 4.79 Å². The number of carbonyl (C=O) groups excluding carboxylic acids is 2. The zero-order chi connectivity index (χ0) is 21.7. The van der Waals surface area contributed by atoms with E-state index in [0.29, 0.717) is 13.0 Å². The molecule has 0 aromatic carbocycles. The summed E-state index contributed by atoms with van der Waals surface area (Å²) in [5.74, 6) is -0.517. The van der Waals surface area contributed by atoms with E-state index in [1.54, 1.807) is 0 Å². The Kier molecular flexibility index (Phi) is 19.0. The Morgan fingerprint density at radius 1 is 0.828 bits per heavy atom. The van der Waals surface area contributed by atoms with E-state index in [1.165, 1.54) is 45.3 Å². The third kappa shape index (κ3) is 16.2. The lowest BCUT2D eigenvalue weighted by atomic mass is 9.99. The first-order valence-electron chi connectivity index (χ1n) is 11.6. The van der Waals surface area contributed by atoms with Crippen molar-refractivity contribution in [2.24, 2.45) is 0 Å². The van der Waals surface area contributed by atoms with Crippen molar-refractivity contribution in [3.8, 4) is 0 Å². The Balaban J connectivity index is 4.35. The van der Waals surface area contributed by atoms with Gasteiger partial charge in [-0.15, -0.1) is 0 Å². The van der Waals surface area contributed by atoms with Crippen LogP contribution in [0.1, 0.15) is 104 Å². The van der Waals surface area contributed by atoms with Crippen molar-refractivity contribution >= 4 is 11.9 Å². The van der Waals surface area contributed by atoms with Gasteiger partial charge < -0.3 is 14.2 Å². The van der Waals surface area contributed by atoms with Crippen molar-refractivity contribution in [2.75, 3.05) is 13.7 Å². The molecule has 0 fully saturated rings. The summed E-state index contributed by atoms with van der Waals surface area (Å²) in [6, 6.07) is 0. The summed E-state index contributed by atoms with van der Waals surface area (Å²) >= 11 is 0. The maximum atomic E-state index is 11.8. The van der Waals surface area contributed by atoms with Gasteiger partial charge in [0.2, 0.25) is 0 Å². The monoisotopic (exact) mass is 412 g/mol. The van der Waals surface area contributed by atoms with Crippen LogP contribution in [0.2, 0.25) is 0 Å². The van der Waals surface area contributed by atoms with Gasteiger partial charge in [0, 0.05) is 19.1 Å². The summed E-state index contributed by atoms with van der Waals surface area (Å²) < 4.78 is 16.2. The van der Waals surface area contributed by atoms with E-state index in [2.05, 4.69) is 18.2 Å². The average Bonchev–Trinajstić information content (AvgIpc) is 2.73. The normalized spacial score (nSPS) is 12.9. The predicted molar refractivity (Wildman–Crippen MR) is 118 cm³/mol. The van der Waals surface area contributed by atoms with Crippen molar-refractivity contribution in [1.29, 1.82) is 0 Å². The molecule has 0 saturated carbocycles. The number of esters is 2. The Bertz CT molecular complexity index is 421. The number of hydrogen-bond acceptors (Lipinski definition) is 5. The van der Waals surface area contributed by atoms with Crippen molar-refractivity contribution in [3.63, 3.8) is 0 Å². The average molecular weight is 413 g/mol. The Hall–Kier alpha value is -1.36. The second kappa shape index (κ2) is 19.9. The van der Waals surface area contributed by atoms with Gasteiger partial charge in [-0.2, -0.15) is 0 Å². The van der Waals surface area contributed by atoms with Crippen LogP contribution in [0.4, 0.5) is 0 Å². The number of rotatable bonds is 20. The first-order valence-corrected chi connectivity index (χ1v) is 11.6. The maximum absolute atomic E-state index is 11.8. The fourth-order valence-corrected chi connectivity index (χ4v) is 3.48. The molecule has 0 radical (unpaired) electrons. The van der Waals surface area contributed by atoms with Crippen molar-refractivity contribution in [3.05, 3.63) is 12.7 Å². The minimum Gasteiger partial charge on any atom is -0.469 e. The van der Waals surface area contributed by atoms with Crippen LogP contribution in [-0.4, -0.2) is 37.9 Å². The molecule has 29 heavy (non-hydrogen) atoms. The molecule has 0 aromatic rings. The molecular weight excluding hydrogens is 368 g/mol. The van der Waals surface area contributed by atoms with E-state index >= 15 is 0 Å². The molecule has 170 valence electrons. The van der Waals surface area contributed by atoms with Gasteiger partial charge >= 0.3 is 11.9 Å². The summed E-state index contributed by atoms with van der Waals surface area (Å²) in [6.45, 7) is 8.36. The Morgan fingerprint density at radius 2 is 1.38 bits per heavy atom. The minimum atomic E-state index is -0.374.